The molecule has 0 amide bonds. The summed E-state index contributed by atoms with van der Waals surface area (Å²) in [7, 11) is 0. The van der Waals surface area contributed by atoms with Crippen LogP contribution in [0.3, 0.4) is 0 Å². The molecule has 0 aliphatic rings. The third kappa shape index (κ3) is 3.48. The van der Waals surface area contributed by atoms with Crippen LogP contribution in [0.4, 0.5) is 15.8 Å². The van der Waals surface area contributed by atoms with E-state index >= 15 is 0 Å². The van der Waals surface area contributed by atoms with Crippen LogP contribution in [0, 0.1) is 17.1 Å². The van der Waals surface area contributed by atoms with Gasteiger partial charge in [0.1, 0.15) is 17.6 Å². The van der Waals surface area contributed by atoms with Crippen LogP contribution in [0.15, 0.2) is 42.5 Å². The molecule has 0 radical (unpaired) electrons. The van der Waals surface area contributed by atoms with Crippen LogP contribution in [0.5, 0.6) is 5.75 Å². The molecular formula is C16H15FN2O. The topological polar surface area (TPSA) is 45.0 Å². The largest absolute Gasteiger partial charge is 0.491 e. The first-order valence-electron chi connectivity index (χ1n) is 6.32. The van der Waals surface area contributed by atoms with Gasteiger partial charge >= 0.3 is 0 Å². The molecule has 0 aliphatic carbocycles. The van der Waals surface area contributed by atoms with E-state index in [0.717, 1.165) is 11.4 Å². The molecule has 0 unspecified atom stereocenters. The molecule has 3 nitrogen and oxygen atoms in total. The Morgan fingerprint density at radius 3 is 2.45 bits per heavy atom. The van der Waals surface area contributed by atoms with Gasteiger partial charge in [0.2, 0.25) is 0 Å². The lowest BCUT2D eigenvalue weighted by Gasteiger charge is -2.11. The fraction of sp³-hybridized carbons (Fsp3) is 0.188. The first-order valence-corrected chi connectivity index (χ1v) is 6.32. The van der Waals surface area contributed by atoms with Crippen LogP contribution >= 0.6 is 0 Å². The molecular weight excluding hydrogens is 255 g/mol. The van der Waals surface area contributed by atoms with E-state index in [1.54, 1.807) is 6.07 Å². The molecule has 4 heteroatoms. The van der Waals surface area contributed by atoms with Crippen LogP contribution < -0.4 is 10.1 Å². The van der Waals surface area contributed by atoms with Crippen LogP contribution in [0.2, 0.25) is 0 Å². The summed E-state index contributed by atoms with van der Waals surface area (Å²) in [5.74, 6) is 0.359. The van der Waals surface area contributed by atoms with Gasteiger partial charge in [0.05, 0.1) is 17.4 Å². The zero-order valence-electron chi connectivity index (χ0n) is 11.4. The summed E-state index contributed by atoms with van der Waals surface area (Å²) in [6.45, 7) is 3.92. The SMILES string of the molecule is CC(C)Oc1ccc(Nc2ccc(F)cc2C#N)cc1. The summed E-state index contributed by atoms with van der Waals surface area (Å²) < 4.78 is 18.6. The van der Waals surface area contributed by atoms with E-state index in [2.05, 4.69) is 5.32 Å². The summed E-state index contributed by atoms with van der Waals surface area (Å²) in [5.41, 5.74) is 1.66. The van der Waals surface area contributed by atoms with Crippen LogP contribution in [0.25, 0.3) is 0 Å². The minimum atomic E-state index is -0.423. The highest BCUT2D eigenvalue weighted by Gasteiger charge is 2.04. The molecule has 0 saturated heterocycles. The fourth-order valence-electron chi connectivity index (χ4n) is 1.76. The van der Waals surface area contributed by atoms with Crippen molar-refractivity contribution in [1.29, 1.82) is 5.26 Å². The molecule has 0 spiro atoms. The first kappa shape index (κ1) is 13.9. The average molecular weight is 270 g/mol. The van der Waals surface area contributed by atoms with E-state index in [0.29, 0.717) is 5.69 Å². The van der Waals surface area contributed by atoms with Gasteiger partial charge < -0.3 is 10.1 Å². The Balaban J connectivity index is 2.16. The van der Waals surface area contributed by atoms with E-state index in [4.69, 9.17) is 10.00 Å². The molecule has 0 aliphatic heterocycles. The van der Waals surface area contributed by atoms with E-state index in [9.17, 15) is 4.39 Å². The number of anilines is 2. The minimum absolute atomic E-state index is 0.121. The molecule has 20 heavy (non-hydrogen) atoms. The van der Waals surface area contributed by atoms with Gasteiger partial charge in [-0.25, -0.2) is 4.39 Å². The van der Waals surface area contributed by atoms with Crippen molar-refractivity contribution in [3.8, 4) is 11.8 Å². The zero-order chi connectivity index (χ0) is 14.5. The number of benzene rings is 2. The fourth-order valence-corrected chi connectivity index (χ4v) is 1.76. The number of hydrogen-bond acceptors (Lipinski definition) is 3. The van der Waals surface area contributed by atoms with Gasteiger partial charge in [-0.1, -0.05) is 0 Å². The smallest absolute Gasteiger partial charge is 0.124 e. The highest BCUT2D eigenvalue weighted by molar-refractivity contribution is 5.66. The number of nitrogens with zero attached hydrogens (tertiary/aromatic N) is 1. The predicted octanol–water partition coefficient (Wildman–Crippen LogP) is 4.23. The Morgan fingerprint density at radius 1 is 1.15 bits per heavy atom. The van der Waals surface area contributed by atoms with Gasteiger partial charge in [-0.15, -0.1) is 0 Å². The Labute approximate surface area is 117 Å². The second-order valence-electron chi connectivity index (χ2n) is 4.62. The summed E-state index contributed by atoms with van der Waals surface area (Å²) in [4.78, 5) is 0. The van der Waals surface area contributed by atoms with E-state index in [1.807, 2.05) is 44.2 Å². The standard InChI is InChI=1S/C16H15FN2O/c1-11(2)20-15-6-4-14(5-7-15)19-16-8-3-13(17)9-12(16)10-18/h3-9,11,19H,1-2H3. The van der Waals surface area contributed by atoms with Crippen molar-refractivity contribution in [2.75, 3.05) is 5.32 Å². The molecule has 0 bridgehead atoms. The van der Waals surface area contributed by atoms with Crippen LogP contribution in [-0.2, 0) is 0 Å². The molecule has 0 atom stereocenters. The number of nitrogens with one attached hydrogen (secondary N) is 1. The Morgan fingerprint density at radius 2 is 1.85 bits per heavy atom. The maximum absolute atomic E-state index is 13.1. The summed E-state index contributed by atoms with van der Waals surface area (Å²) in [6, 6.07) is 13.4. The molecule has 2 aromatic carbocycles. The van der Waals surface area contributed by atoms with Gasteiger partial charge in [0.25, 0.3) is 0 Å². The molecule has 0 heterocycles. The van der Waals surface area contributed by atoms with Gasteiger partial charge in [-0.05, 0) is 56.3 Å². The van der Waals surface area contributed by atoms with Crippen molar-refractivity contribution in [3.05, 3.63) is 53.8 Å². The third-order valence-corrected chi connectivity index (χ3v) is 2.61. The highest BCUT2D eigenvalue weighted by Crippen LogP contribution is 2.23. The lowest BCUT2D eigenvalue weighted by atomic mass is 10.2. The quantitative estimate of drug-likeness (QED) is 0.904. The summed E-state index contributed by atoms with van der Waals surface area (Å²) in [5, 5.41) is 12.1. The third-order valence-electron chi connectivity index (χ3n) is 2.61. The lowest BCUT2D eigenvalue weighted by molar-refractivity contribution is 0.242. The van der Waals surface area contributed by atoms with E-state index in [1.165, 1.54) is 12.1 Å². The number of rotatable bonds is 4. The van der Waals surface area contributed by atoms with Gasteiger partial charge in [-0.3, -0.25) is 0 Å². The van der Waals surface area contributed by atoms with Crippen molar-refractivity contribution >= 4 is 11.4 Å². The maximum Gasteiger partial charge on any atom is 0.124 e. The lowest BCUT2D eigenvalue weighted by Crippen LogP contribution is -2.05. The number of nitriles is 1. The molecule has 1 N–H and O–H groups in total. The normalized spacial score (nSPS) is 10.2. The first-order chi connectivity index (χ1) is 9.58. The number of hydrogen-bond donors (Lipinski definition) is 1. The van der Waals surface area contributed by atoms with Crippen LogP contribution in [0.1, 0.15) is 19.4 Å². The Hall–Kier alpha value is -2.54. The number of halogens is 1. The molecule has 102 valence electrons. The van der Waals surface area contributed by atoms with Crippen LogP contribution in [-0.4, -0.2) is 6.10 Å². The van der Waals surface area contributed by atoms with E-state index < -0.39 is 5.82 Å². The molecule has 2 rings (SSSR count). The predicted molar refractivity (Wildman–Crippen MR) is 76.6 cm³/mol. The monoisotopic (exact) mass is 270 g/mol. The summed E-state index contributed by atoms with van der Waals surface area (Å²) in [6.07, 6.45) is 0.121. The molecule has 2 aromatic rings. The van der Waals surface area contributed by atoms with Gasteiger partial charge in [0, 0.05) is 5.69 Å². The van der Waals surface area contributed by atoms with Crippen molar-refractivity contribution in [1.82, 2.24) is 0 Å². The van der Waals surface area contributed by atoms with Crippen molar-refractivity contribution in [2.45, 2.75) is 20.0 Å². The highest BCUT2D eigenvalue weighted by atomic mass is 19.1. The second-order valence-corrected chi connectivity index (χ2v) is 4.62. The average Bonchev–Trinajstić information content (AvgIpc) is 2.42. The van der Waals surface area contributed by atoms with Crippen molar-refractivity contribution < 1.29 is 9.13 Å². The summed E-state index contributed by atoms with van der Waals surface area (Å²) >= 11 is 0. The van der Waals surface area contributed by atoms with Gasteiger partial charge in [0.15, 0.2) is 0 Å². The Kier molecular flexibility index (Phi) is 4.21. The molecule has 0 aromatic heterocycles. The minimum Gasteiger partial charge on any atom is -0.491 e. The zero-order valence-corrected chi connectivity index (χ0v) is 11.4. The molecule has 0 saturated carbocycles. The molecule has 0 fully saturated rings. The second kappa shape index (κ2) is 6.07. The number of ether oxygens (including phenoxy) is 1. The Bertz CT molecular complexity index is 630. The van der Waals surface area contributed by atoms with E-state index in [-0.39, 0.29) is 11.7 Å². The van der Waals surface area contributed by atoms with Crippen molar-refractivity contribution in [3.63, 3.8) is 0 Å². The van der Waals surface area contributed by atoms with Crippen molar-refractivity contribution in [2.24, 2.45) is 0 Å². The van der Waals surface area contributed by atoms with Gasteiger partial charge in [-0.2, -0.15) is 5.26 Å². The maximum atomic E-state index is 13.1.